The van der Waals surface area contributed by atoms with Crippen LogP contribution in [0.3, 0.4) is 0 Å². The third-order valence-corrected chi connectivity index (χ3v) is 2.92. The van der Waals surface area contributed by atoms with E-state index in [-0.39, 0.29) is 12.1 Å². The molecule has 0 amide bonds. The van der Waals surface area contributed by atoms with Gasteiger partial charge in [0.15, 0.2) is 0 Å². The summed E-state index contributed by atoms with van der Waals surface area (Å²) in [6, 6.07) is 3.96. The predicted molar refractivity (Wildman–Crippen MR) is 60.7 cm³/mol. The molecule has 2 atom stereocenters. The van der Waals surface area contributed by atoms with Gasteiger partial charge in [0.1, 0.15) is 5.82 Å². The SMILES string of the molecule is C[C@@H](O)[C@@H]1CCCN1c1ccc(N)cn1. The fourth-order valence-corrected chi connectivity index (χ4v) is 2.15. The van der Waals surface area contributed by atoms with Crippen molar-refractivity contribution in [1.29, 1.82) is 0 Å². The van der Waals surface area contributed by atoms with Crippen molar-refractivity contribution in [2.24, 2.45) is 0 Å². The number of nitrogens with two attached hydrogens (primary N) is 1. The Hall–Kier alpha value is -1.29. The molecule has 0 aliphatic carbocycles. The molecule has 1 saturated heterocycles. The van der Waals surface area contributed by atoms with E-state index in [2.05, 4.69) is 9.88 Å². The minimum atomic E-state index is -0.313. The molecule has 2 heterocycles. The Balaban J connectivity index is 2.19. The molecule has 1 aromatic heterocycles. The first kappa shape index (κ1) is 10.2. The van der Waals surface area contributed by atoms with Crippen LogP contribution in [0.5, 0.6) is 0 Å². The lowest BCUT2D eigenvalue weighted by molar-refractivity contribution is 0.164. The summed E-state index contributed by atoms with van der Waals surface area (Å²) < 4.78 is 0. The molecule has 0 saturated carbocycles. The molecule has 4 nitrogen and oxygen atoms in total. The third kappa shape index (κ3) is 2.04. The van der Waals surface area contributed by atoms with E-state index in [4.69, 9.17) is 5.73 Å². The summed E-state index contributed by atoms with van der Waals surface area (Å²) in [7, 11) is 0. The van der Waals surface area contributed by atoms with Gasteiger partial charge < -0.3 is 15.7 Å². The van der Waals surface area contributed by atoms with E-state index in [9.17, 15) is 5.11 Å². The van der Waals surface area contributed by atoms with Crippen molar-refractivity contribution in [2.75, 3.05) is 17.2 Å². The van der Waals surface area contributed by atoms with Crippen LogP contribution in [0.15, 0.2) is 18.3 Å². The zero-order valence-corrected chi connectivity index (χ0v) is 8.93. The van der Waals surface area contributed by atoms with Crippen molar-refractivity contribution >= 4 is 11.5 Å². The van der Waals surface area contributed by atoms with Crippen molar-refractivity contribution < 1.29 is 5.11 Å². The lowest BCUT2D eigenvalue weighted by Gasteiger charge is -2.27. The molecule has 1 aliphatic rings. The van der Waals surface area contributed by atoms with Gasteiger partial charge in [-0.1, -0.05) is 0 Å². The lowest BCUT2D eigenvalue weighted by Crippen LogP contribution is -2.37. The Morgan fingerprint density at radius 3 is 3.00 bits per heavy atom. The van der Waals surface area contributed by atoms with Crippen molar-refractivity contribution in [3.8, 4) is 0 Å². The maximum absolute atomic E-state index is 9.64. The normalized spacial score (nSPS) is 23.1. The lowest BCUT2D eigenvalue weighted by atomic mass is 10.1. The van der Waals surface area contributed by atoms with Gasteiger partial charge in [0, 0.05) is 6.54 Å². The highest BCUT2D eigenvalue weighted by Gasteiger charge is 2.28. The number of anilines is 2. The summed E-state index contributed by atoms with van der Waals surface area (Å²) in [5, 5.41) is 9.64. The van der Waals surface area contributed by atoms with Crippen molar-refractivity contribution in [3.05, 3.63) is 18.3 Å². The Morgan fingerprint density at radius 2 is 2.40 bits per heavy atom. The molecule has 0 radical (unpaired) electrons. The average molecular weight is 207 g/mol. The number of pyridine rings is 1. The quantitative estimate of drug-likeness (QED) is 0.760. The Kier molecular flexibility index (Phi) is 2.77. The van der Waals surface area contributed by atoms with Gasteiger partial charge in [-0.15, -0.1) is 0 Å². The van der Waals surface area contributed by atoms with Crippen LogP contribution in [0.1, 0.15) is 19.8 Å². The molecule has 1 fully saturated rings. The number of nitrogen functional groups attached to an aromatic ring is 1. The molecular weight excluding hydrogens is 190 g/mol. The van der Waals surface area contributed by atoms with Gasteiger partial charge in [-0.2, -0.15) is 0 Å². The Morgan fingerprint density at radius 1 is 1.60 bits per heavy atom. The van der Waals surface area contributed by atoms with Crippen LogP contribution in [0.25, 0.3) is 0 Å². The highest BCUT2D eigenvalue weighted by molar-refractivity contribution is 5.47. The van der Waals surface area contributed by atoms with Crippen molar-refractivity contribution in [3.63, 3.8) is 0 Å². The fourth-order valence-electron chi connectivity index (χ4n) is 2.15. The molecule has 1 aromatic rings. The van der Waals surface area contributed by atoms with Gasteiger partial charge in [0.05, 0.1) is 24.0 Å². The second-order valence-electron chi connectivity index (χ2n) is 4.09. The summed E-state index contributed by atoms with van der Waals surface area (Å²) in [5.74, 6) is 0.910. The summed E-state index contributed by atoms with van der Waals surface area (Å²) in [6.07, 6.45) is 3.49. The van der Waals surface area contributed by atoms with Crippen LogP contribution in [-0.2, 0) is 0 Å². The second kappa shape index (κ2) is 4.06. The standard InChI is InChI=1S/C11H17N3O/c1-8(15)10-3-2-6-14(10)11-5-4-9(12)7-13-11/h4-5,7-8,10,15H,2-3,6,12H2,1H3/t8-,10+/m1/s1. The first-order valence-electron chi connectivity index (χ1n) is 5.35. The van der Waals surface area contributed by atoms with E-state index in [1.165, 1.54) is 0 Å². The number of aliphatic hydroxyl groups is 1. The van der Waals surface area contributed by atoms with Crippen LogP contribution in [-0.4, -0.2) is 28.8 Å². The zero-order valence-electron chi connectivity index (χ0n) is 8.93. The monoisotopic (exact) mass is 207 g/mol. The highest BCUT2D eigenvalue weighted by atomic mass is 16.3. The molecule has 0 bridgehead atoms. The van der Waals surface area contributed by atoms with Crippen molar-refractivity contribution in [1.82, 2.24) is 4.98 Å². The third-order valence-electron chi connectivity index (χ3n) is 2.92. The predicted octanol–water partition coefficient (Wildman–Crippen LogP) is 1.01. The summed E-state index contributed by atoms with van der Waals surface area (Å²) >= 11 is 0. The van der Waals surface area contributed by atoms with Gasteiger partial charge >= 0.3 is 0 Å². The zero-order chi connectivity index (χ0) is 10.8. The van der Waals surface area contributed by atoms with Gasteiger partial charge in [-0.25, -0.2) is 4.98 Å². The Bertz CT molecular complexity index is 323. The number of aromatic nitrogens is 1. The van der Waals surface area contributed by atoms with Gasteiger partial charge in [-0.05, 0) is 31.9 Å². The van der Waals surface area contributed by atoms with Crippen LogP contribution >= 0.6 is 0 Å². The summed E-state index contributed by atoms with van der Waals surface area (Å²) in [4.78, 5) is 6.44. The number of rotatable bonds is 2. The van der Waals surface area contributed by atoms with E-state index in [0.29, 0.717) is 5.69 Å². The summed E-state index contributed by atoms with van der Waals surface area (Å²) in [6.45, 7) is 2.80. The van der Waals surface area contributed by atoms with E-state index in [0.717, 1.165) is 25.2 Å². The molecule has 15 heavy (non-hydrogen) atoms. The van der Waals surface area contributed by atoms with E-state index in [1.54, 1.807) is 6.20 Å². The largest absolute Gasteiger partial charge is 0.397 e. The van der Waals surface area contributed by atoms with Crippen LogP contribution in [0.4, 0.5) is 11.5 Å². The molecular formula is C11H17N3O. The fraction of sp³-hybridized carbons (Fsp3) is 0.545. The maximum Gasteiger partial charge on any atom is 0.128 e. The van der Waals surface area contributed by atoms with Crippen LogP contribution < -0.4 is 10.6 Å². The molecule has 3 N–H and O–H groups in total. The molecule has 0 spiro atoms. The average Bonchev–Trinajstić information content (AvgIpc) is 2.67. The van der Waals surface area contributed by atoms with E-state index in [1.807, 2.05) is 19.1 Å². The topological polar surface area (TPSA) is 62.4 Å². The summed E-state index contributed by atoms with van der Waals surface area (Å²) in [5.41, 5.74) is 6.26. The smallest absolute Gasteiger partial charge is 0.128 e. The number of hydrogen-bond acceptors (Lipinski definition) is 4. The molecule has 0 aromatic carbocycles. The Labute approximate surface area is 89.7 Å². The molecule has 82 valence electrons. The number of aliphatic hydroxyl groups excluding tert-OH is 1. The minimum Gasteiger partial charge on any atom is -0.397 e. The van der Waals surface area contributed by atoms with Crippen LogP contribution in [0.2, 0.25) is 0 Å². The van der Waals surface area contributed by atoms with E-state index < -0.39 is 0 Å². The number of hydrogen-bond donors (Lipinski definition) is 2. The highest BCUT2D eigenvalue weighted by Crippen LogP contribution is 2.25. The molecule has 0 unspecified atom stereocenters. The minimum absolute atomic E-state index is 0.195. The number of nitrogens with zero attached hydrogens (tertiary/aromatic N) is 2. The van der Waals surface area contributed by atoms with E-state index >= 15 is 0 Å². The molecule has 4 heteroatoms. The first-order chi connectivity index (χ1) is 7.18. The molecule has 2 rings (SSSR count). The van der Waals surface area contributed by atoms with Gasteiger partial charge in [0.25, 0.3) is 0 Å². The first-order valence-corrected chi connectivity index (χ1v) is 5.35. The van der Waals surface area contributed by atoms with Gasteiger partial charge in [-0.3, -0.25) is 0 Å². The maximum atomic E-state index is 9.64. The second-order valence-corrected chi connectivity index (χ2v) is 4.09. The van der Waals surface area contributed by atoms with Crippen molar-refractivity contribution in [2.45, 2.75) is 31.9 Å². The van der Waals surface area contributed by atoms with Gasteiger partial charge in [0.2, 0.25) is 0 Å². The van der Waals surface area contributed by atoms with Crippen LogP contribution in [0, 0.1) is 0 Å². The molecule has 1 aliphatic heterocycles.